The van der Waals surface area contributed by atoms with Crippen molar-refractivity contribution in [3.63, 3.8) is 0 Å². The molecule has 1 aromatic carbocycles. The van der Waals surface area contributed by atoms with Crippen LogP contribution in [0.3, 0.4) is 0 Å². The zero-order valence-corrected chi connectivity index (χ0v) is 8.69. The van der Waals surface area contributed by atoms with E-state index in [0.717, 1.165) is 11.1 Å². The highest BCUT2D eigenvalue weighted by molar-refractivity contribution is 7.78. The first kappa shape index (κ1) is 9.13. The van der Waals surface area contributed by atoms with E-state index in [4.69, 9.17) is 0 Å². The first-order chi connectivity index (χ1) is 6.79. The number of hydrogen-bond donors (Lipinski definition) is 1. The quantitative estimate of drug-likeness (QED) is 0.588. The van der Waals surface area contributed by atoms with Crippen molar-refractivity contribution in [1.82, 2.24) is 4.98 Å². The molecule has 1 N–H and O–H groups in total. The maximum Gasteiger partial charge on any atom is 0.0743 e. The van der Waals surface area contributed by atoms with Crippen LogP contribution in [-0.4, -0.2) is 10.1 Å². The van der Waals surface area contributed by atoms with Gasteiger partial charge in [0.05, 0.1) is 11.7 Å². The summed E-state index contributed by atoms with van der Waals surface area (Å²) in [4.78, 5) is 7.19. The predicted molar refractivity (Wildman–Crippen MR) is 61.8 cm³/mol. The van der Waals surface area contributed by atoms with Crippen LogP contribution in [0.2, 0.25) is 0 Å². The first-order valence-electron chi connectivity index (χ1n) is 4.41. The summed E-state index contributed by atoms with van der Waals surface area (Å²) in [7, 11) is 0. The highest BCUT2D eigenvalue weighted by atomic mass is 32.1. The third-order valence-corrected chi connectivity index (χ3v) is 2.28. The van der Waals surface area contributed by atoms with Gasteiger partial charge in [-0.1, -0.05) is 6.07 Å². The number of thiocarbonyl (C=S) groups is 1. The number of hydrogen-bond acceptors (Lipinski definition) is 2. The van der Waals surface area contributed by atoms with E-state index in [1.54, 1.807) is 0 Å². The van der Waals surface area contributed by atoms with Gasteiger partial charge in [-0.2, -0.15) is 0 Å². The smallest absolute Gasteiger partial charge is 0.0743 e. The van der Waals surface area contributed by atoms with E-state index in [1.807, 2.05) is 0 Å². The zero-order chi connectivity index (χ0) is 9.97. The third kappa shape index (κ3) is 1.74. The summed E-state index contributed by atoms with van der Waals surface area (Å²) in [6.07, 6.45) is 0. The lowest BCUT2D eigenvalue weighted by molar-refractivity contribution is 1.09. The lowest BCUT2D eigenvalue weighted by Crippen LogP contribution is -1.79. The average molecular weight is 202 g/mol. The summed E-state index contributed by atoms with van der Waals surface area (Å²) in [6, 6.07) is 8.36. The number of benzene rings is 1. The molecule has 0 spiro atoms. The van der Waals surface area contributed by atoms with Crippen molar-refractivity contribution >= 4 is 28.3 Å². The Labute approximate surface area is 87.7 Å². The number of nitrogens with one attached hydrogen (secondary N) is 1. The Hall–Kier alpha value is -1.44. The second kappa shape index (κ2) is 3.74. The number of rotatable bonds is 2. The Balaban J connectivity index is 2.44. The molecule has 1 heterocycles. The van der Waals surface area contributed by atoms with Gasteiger partial charge in [0.15, 0.2) is 0 Å². The zero-order valence-electron chi connectivity index (χ0n) is 7.87. The number of aromatic amines is 1. The Bertz CT molecular complexity index is 507. The molecule has 0 amide bonds. The molecular weight excluding hydrogens is 192 g/mol. The van der Waals surface area contributed by atoms with E-state index < -0.39 is 0 Å². The van der Waals surface area contributed by atoms with Crippen LogP contribution >= 0.6 is 12.2 Å². The molecule has 0 unspecified atom stereocenters. The van der Waals surface area contributed by atoms with E-state index in [9.17, 15) is 0 Å². The van der Waals surface area contributed by atoms with Crippen LogP contribution in [0.5, 0.6) is 0 Å². The first-order valence-corrected chi connectivity index (χ1v) is 4.82. The van der Waals surface area contributed by atoms with Crippen molar-refractivity contribution in [2.75, 3.05) is 0 Å². The van der Waals surface area contributed by atoms with Crippen molar-refractivity contribution in [2.24, 2.45) is 4.99 Å². The molecule has 2 nitrogen and oxygen atoms in total. The maximum atomic E-state index is 4.53. The monoisotopic (exact) mass is 202 g/mol. The summed E-state index contributed by atoms with van der Waals surface area (Å²) >= 11 is 4.53. The van der Waals surface area contributed by atoms with Crippen LogP contribution in [0.15, 0.2) is 29.3 Å². The maximum absolute atomic E-state index is 4.53. The summed E-state index contributed by atoms with van der Waals surface area (Å²) in [5.74, 6) is 0. The SMILES string of the molecule is Cc1cc2cc(CN=C=S)ccc2[nH]1. The summed E-state index contributed by atoms with van der Waals surface area (Å²) < 4.78 is 0. The lowest BCUT2D eigenvalue weighted by Gasteiger charge is -1.95. The third-order valence-electron chi connectivity index (χ3n) is 2.15. The summed E-state index contributed by atoms with van der Waals surface area (Å²) in [5.41, 5.74) is 3.50. The number of isothiocyanates is 1. The highest BCUT2D eigenvalue weighted by Crippen LogP contribution is 2.17. The molecule has 0 fully saturated rings. The minimum Gasteiger partial charge on any atom is -0.359 e. The topological polar surface area (TPSA) is 28.1 Å². The van der Waals surface area contributed by atoms with Gasteiger partial charge in [0.25, 0.3) is 0 Å². The number of aliphatic imine (C=N–C) groups is 1. The molecule has 0 bridgehead atoms. The van der Waals surface area contributed by atoms with Crippen molar-refractivity contribution < 1.29 is 0 Å². The van der Waals surface area contributed by atoms with Gasteiger partial charge in [0, 0.05) is 11.2 Å². The molecule has 0 atom stereocenters. The molecule has 3 heteroatoms. The summed E-state index contributed by atoms with van der Waals surface area (Å²) in [5, 5.41) is 3.59. The molecule has 0 radical (unpaired) electrons. The molecule has 0 aliphatic carbocycles. The number of aromatic nitrogens is 1. The number of H-pyrrole nitrogens is 1. The molecule has 0 aliphatic rings. The van der Waals surface area contributed by atoms with Gasteiger partial charge < -0.3 is 4.98 Å². The number of nitrogens with zero attached hydrogens (tertiary/aromatic N) is 1. The number of fused-ring (bicyclic) bond motifs is 1. The van der Waals surface area contributed by atoms with Gasteiger partial charge in [0.2, 0.25) is 0 Å². The lowest BCUT2D eigenvalue weighted by atomic mass is 10.1. The van der Waals surface area contributed by atoms with Crippen LogP contribution in [0, 0.1) is 6.92 Å². The van der Waals surface area contributed by atoms with Crippen LogP contribution in [0.4, 0.5) is 0 Å². The van der Waals surface area contributed by atoms with E-state index in [1.165, 1.54) is 11.1 Å². The molecule has 1 aromatic heterocycles. The average Bonchev–Trinajstić information content (AvgIpc) is 2.54. The summed E-state index contributed by atoms with van der Waals surface area (Å²) in [6.45, 7) is 2.67. The van der Waals surface area contributed by atoms with Gasteiger partial charge in [-0.05, 0) is 48.3 Å². The van der Waals surface area contributed by atoms with E-state index >= 15 is 0 Å². The molecule has 0 saturated heterocycles. The molecule has 70 valence electrons. The van der Waals surface area contributed by atoms with Crippen molar-refractivity contribution in [3.05, 3.63) is 35.5 Å². The second-order valence-electron chi connectivity index (χ2n) is 3.28. The van der Waals surface area contributed by atoms with Gasteiger partial charge in [-0.25, -0.2) is 4.99 Å². The minimum absolute atomic E-state index is 0.615. The largest absolute Gasteiger partial charge is 0.359 e. The van der Waals surface area contributed by atoms with Gasteiger partial charge >= 0.3 is 0 Å². The fourth-order valence-corrected chi connectivity index (χ4v) is 1.61. The van der Waals surface area contributed by atoms with Crippen molar-refractivity contribution in [3.8, 4) is 0 Å². The molecule has 2 aromatic rings. The molecular formula is C11H10N2S. The fraction of sp³-hybridized carbons (Fsp3) is 0.182. The Morgan fingerprint density at radius 3 is 3.07 bits per heavy atom. The minimum atomic E-state index is 0.615. The van der Waals surface area contributed by atoms with Crippen LogP contribution in [0.1, 0.15) is 11.3 Å². The highest BCUT2D eigenvalue weighted by Gasteiger charge is 1.98. The molecule has 14 heavy (non-hydrogen) atoms. The van der Waals surface area contributed by atoms with Crippen LogP contribution in [0.25, 0.3) is 10.9 Å². The Kier molecular flexibility index (Phi) is 2.44. The standard InChI is InChI=1S/C11H10N2S/c1-8-4-10-5-9(6-12-7-14)2-3-11(10)13-8/h2-5,13H,6H2,1H3. The van der Waals surface area contributed by atoms with Crippen molar-refractivity contribution in [2.45, 2.75) is 13.5 Å². The van der Waals surface area contributed by atoms with E-state index in [-0.39, 0.29) is 0 Å². The Morgan fingerprint density at radius 2 is 2.29 bits per heavy atom. The molecule has 0 saturated carbocycles. The predicted octanol–water partition coefficient (Wildman–Crippen LogP) is 3.08. The van der Waals surface area contributed by atoms with E-state index in [2.05, 4.69) is 58.5 Å². The van der Waals surface area contributed by atoms with Crippen molar-refractivity contribution in [1.29, 1.82) is 0 Å². The van der Waals surface area contributed by atoms with Gasteiger partial charge in [-0.15, -0.1) is 0 Å². The fourth-order valence-electron chi connectivity index (χ4n) is 1.55. The Morgan fingerprint density at radius 1 is 1.43 bits per heavy atom. The van der Waals surface area contributed by atoms with Crippen LogP contribution in [-0.2, 0) is 6.54 Å². The van der Waals surface area contributed by atoms with E-state index in [0.29, 0.717) is 6.54 Å². The van der Waals surface area contributed by atoms with Crippen LogP contribution < -0.4 is 0 Å². The second-order valence-corrected chi connectivity index (χ2v) is 3.46. The number of aryl methyl sites for hydroxylation is 1. The normalized spacial score (nSPS) is 10.1. The molecule has 0 aliphatic heterocycles. The van der Waals surface area contributed by atoms with Gasteiger partial charge in [0.1, 0.15) is 0 Å². The van der Waals surface area contributed by atoms with Gasteiger partial charge in [-0.3, -0.25) is 0 Å². The molecule has 2 rings (SSSR count).